The normalized spacial score (nSPS) is 12.4. The minimum atomic E-state index is -2.74. The van der Waals surface area contributed by atoms with Crippen LogP contribution in [0.1, 0.15) is 30.7 Å². The number of aromatic nitrogens is 4. The second-order valence-electron chi connectivity index (χ2n) is 5.92. The predicted octanol–water partition coefficient (Wildman–Crippen LogP) is 4.31. The van der Waals surface area contributed by atoms with Gasteiger partial charge in [0.1, 0.15) is 16.7 Å². The molecule has 148 valence electrons. The number of rotatable bonds is 5. The van der Waals surface area contributed by atoms with E-state index in [-0.39, 0.29) is 11.0 Å². The Morgan fingerprint density at radius 2 is 2.07 bits per heavy atom. The van der Waals surface area contributed by atoms with Gasteiger partial charge in [0.25, 0.3) is 6.43 Å². The molecular formula is C17H17ClF2N6O2. The number of carbonyl (C=O) groups is 1. The third kappa shape index (κ3) is 4.02. The van der Waals surface area contributed by atoms with E-state index < -0.39 is 24.3 Å². The second kappa shape index (κ2) is 8.03. The number of ether oxygens (including phenoxy) is 1. The van der Waals surface area contributed by atoms with E-state index >= 15 is 0 Å². The fourth-order valence-corrected chi connectivity index (χ4v) is 2.82. The van der Waals surface area contributed by atoms with Gasteiger partial charge in [-0.2, -0.15) is 5.10 Å². The molecule has 0 aliphatic heterocycles. The summed E-state index contributed by atoms with van der Waals surface area (Å²) >= 11 is 6.00. The van der Waals surface area contributed by atoms with E-state index in [1.54, 1.807) is 19.1 Å². The van der Waals surface area contributed by atoms with Crippen molar-refractivity contribution in [2.24, 2.45) is 7.05 Å². The van der Waals surface area contributed by atoms with Crippen LogP contribution in [0.15, 0.2) is 24.4 Å². The van der Waals surface area contributed by atoms with Gasteiger partial charge in [0.05, 0.1) is 29.0 Å². The van der Waals surface area contributed by atoms with Gasteiger partial charge in [-0.3, -0.25) is 15.0 Å². The summed E-state index contributed by atoms with van der Waals surface area (Å²) < 4.78 is 32.1. The first-order valence-corrected chi connectivity index (χ1v) is 8.56. The average Bonchev–Trinajstić information content (AvgIpc) is 3.01. The fourth-order valence-electron chi connectivity index (χ4n) is 2.67. The van der Waals surface area contributed by atoms with Crippen LogP contribution in [-0.2, 0) is 11.8 Å². The number of anilines is 2. The van der Waals surface area contributed by atoms with Crippen LogP contribution in [0.2, 0.25) is 5.15 Å². The van der Waals surface area contributed by atoms with Crippen molar-refractivity contribution in [3.63, 3.8) is 0 Å². The zero-order valence-electron chi connectivity index (χ0n) is 15.2. The average molecular weight is 411 g/mol. The second-order valence-corrected chi connectivity index (χ2v) is 6.31. The predicted molar refractivity (Wildman–Crippen MR) is 101 cm³/mol. The Kier molecular flexibility index (Phi) is 5.71. The molecule has 0 aromatic carbocycles. The van der Waals surface area contributed by atoms with Crippen molar-refractivity contribution in [3.05, 3.63) is 40.8 Å². The summed E-state index contributed by atoms with van der Waals surface area (Å²) in [5.41, 5.74) is 1.58. The third-order valence-electron chi connectivity index (χ3n) is 4.09. The van der Waals surface area contributed by atoms with Crippen molar-refractivity contribution in [3.8, 4) is 0 Å². The van der Waals surface area contributed by atoms with Crippen LogP contribution in [0.3, 0.4) is 0 Å². The van der Waals surface area contributed by atoms with E-state index in [0.717, 1.165) is 10.7 Å². The van der Waals surface area contributed by atoms with E-state index in [0.29, 0.717) is 22.3 Å². The molecular weight excluding hydrogens is 394 g/mol. The molecule has 3 aromatic heterocycles. The number of halogens is 3. The quantitative estimate of drug-likeness (QED) is 0.611. The molecule has 3 aromatic rings. The topological polar surface area (TPSA) is 94.0 Å². The van der Waals surface area contributed by atoms with Crippen molar-refractivity contribution in [2.75, 3.05) is 17.7 Å². The van der Waals surface area contributed by atoms with Crippen LogP contribution in [0, 0.1) is 0 Å². The van der Waals surface area contributed by atoms with E-state index in [9.17, 15) is 13.6 Å². The van der Waals surface area contributed by atoms with Gasteiger partial charge in [-0.05, 0) is 19.1 Å². The molecule has 0 aliphatic carbocycles. The lowest BCUT2D eigenvalue weighted by atomic mass is 10.1. The molecule has 0 saturated heterocycles. The number of methoxy groups -OCH3 is 1. The number of alkyl halides is 2. The zero-order valence-corrected chi connectivity index (χ0v) is 16.0. The van der Waals surface area contributed by atoms with Gasteiger partial charge in [-0.1, -0.05) is 11.6 Å². The molecule has 0 bridgehead atoms. The maximum Gasteiger partial charge on any atom is 0.324 e. The van der Waals surface area contributed by atoms with Gasteiger partial charge in [0.2, 0.25) is 0 Å². The number of pyridine rings is 2. The third-order valence-corrected chi connectivity index (χ3v) is 4.30. The summed E-state index contributed by atoms with van der Waals surface area (Å²) in [6, 6.07) is 3.77. The molecule has 2 amide bonds. The summed E-state index contributed by atoms with van der Waals surface area (Å²) in [7, 11) is 2.97. The number of aryl methyl sites for hydroxylation is 1. The zero-order chi connectivity index (χ0) is 20.4. The SMILES string of the molecule is COC(C)c1c(NC(=O)Nc2cc(C(F)F)nn2C)cnc2ccc(Cl)nc12. The van der Waals surface area contributed by atoms with Crippen molar-refractivity contribution in [1.29, 1.82) is 0 Å². The Morgan fingerprint density at radius 1 is 1.32 bits per heavy atom. The molecule has 0 fully saturated rings. The maximum absolute atomic E-state index is 12.8. The Morgan fingerprint density at radius 3 is 2.71 bits per heavy atom. The molecule has 0 aliphatic rings. The monoisotopic (exact) mass is 410 g/mol. The molecule has 11 heteroatoms. The first kappa shape index (κ1) is 19.9. The summed E-state index contributed by atoms with van der Waals surface area (Å²) in [4.78, 5) is 21.0. The Labute approximate surface area is 163 Å². The number of urea groups is 1. The highest BCUT2D eigenvalue weighted by Gasteiger charge is 2.20. The largest absolute Gasteiger partial charge is 0.377 e. The van der Waals surface area contributed by atoms with Gasteiger partial charge in [0, 0.05) is 25.8 Å². The molecule has 3 rings (SSSR count). The smallest absolute Gasteiger partial charge is 0.324 e. The Balaban J connectivity index is 1.92. The molecule has 3 heterocycles. The molecule has 0 spiro atoms. The summed E-state index contributed by atoms with van der Waals surface area (Å²) in [5.74, 6) is 0.115. The van der Waals surface area contributed by atoms with Crippen LogP contribution in [0.5, 0.6) is 0 Å². The van der Waals surface area contributed by atoms with Crippen molar-refractivity contribution < 1.29 is 18.3 Å². The lowest BCUT2D eigenvalue weighted by Gasteiger charge is -2.17. The number of carbonyl (C=O) groups excluding carboxylic acids is 1. The summed E-state index contributed by atoms with van der Waals surface area (Å²) in [6.07, 6.45) is -1.69. The number of amides is 2. The van der Waals surface area contributed by atoms with Crippen LogP contribution in [-0.4, -0.2) is 32.9 Å². The highest BCUT2D eigenvalue weighted by atomic mass is 35.5. The first-order valence-electron chi connectivity index (χ1n) is 8.18. The van der Waals surface area contributed by atoms with Gasteiger partial charge in [0.15, 0.2) is 0 Å². The number of nitrogens with zero attached hydrogens (tertiary/aromatic N) is 4. The molecule has 8 nitrogen and oxygen atoms in total. The molecule has 1 atom stereocenters. The molecule has 0 radical (unpaired) electrons. The molecule has 2 N–H and O–H groups in total. The fraction of sp³-hybridized carbons (Fsp3) is 0.294. The maximum atomic E-state index is 12.8. The minimum absolute atomic E-state index is 0.115. The Bertz CT molecular complexity index is 1030. The summed E-state index contributed by atoms with van der Waals surface area (Å²) in [5, 5.41) is 9.05. The van der Waals surface area contributed by atoms with Crippen molar-refractivity contribution >= 4 is 40.2 Å². The van der Waals surface area contributed by atoms with Crippen LogP contribution >= 0.6 is 11.6 Å². The van der Waals surface area contributed by atoms with E-state index in [4.69, 9.17) is 16.3 Å². The van der Waals surface area contributed by atoms with Crippen molar-refractivity contribution in [2.45, 2.75) is 19.5 Å². The lowest BCUT2D eigenvalue weighted by Crippen LogP contribution is -2.22. The highest BCUT2D eigenvalue weighted by molar-refractivity contribution is 6.29. The van der Waals surface area contributed by atoms with Crippen LogP contribution < -0.4 is 10.6 Å². The molecule has 28 heavy (non-hydrogen) atoms. The van der Waals surface area contributed by atoms with Crippen LogP contribution in [0.4, 0.5) is 25.1 Å². The standard InChI is InChI=1S/C17H17ClF2N6O2/c1-8(28-3)14-11(7-21-9-4-5-12(18)23-15(9)14)22-17(27)24-13-6-10(16(19)20)25-26(13)2/h4-8,16H,1-3H3,(H2,22,24,27). The first-order chi connectivity index (χ1) is 13.3. The number of fused-ring (bicyclic) bond motifs is 1. The lowest BCUT2D eigenvalue weighted by molar-refractivity contribution is 0.121. The highest BCUT2D eigenvalue weighted by Crippen LogP contribution is 2.31. The van der Waals surface area contributed by atoms with E-state index in [1.807, 2.05) is 0 Å². The van der Waals surface area contributed by atoms with Gasteiger partial charge in [-0.15, -0.1) is 0 Å². The van der Waals surface area contributed by atoms with Crippen molar-refractivity contribution in [1.82, 2.24) is 19.7 Å². The van der Waals surface area contributed by atoms with E-state index in [2.05, 4.69) is 25.7 Å². The molecule has 1 unspecified atom stereocenters. The van der Waals surface area contributed by atoms with Gasteiger partial charge < -0.3 is 10.1 Å². The number of nitrogens with one attached hydrogen (secondary N) is 2. The minimum Gasteiger partial charge on any atom is -0.377 e. The number of hydrogen-bond donors (Lipinski definition) is 2. The van der Waals surface area contributed by atoms with Crippen LogP contribution in [0.25, 0.3) is 11.0 Å². The Hall–Kier alpha value is -2.85. The van der Waals surface area contributed by atoms with E-state index in [1.165, 1.54) is 20.4 Å². The summed E-state index contributed by atoms with van der Waals surface area (Å²) in [6.45, 7) is 1.79. The molecule has 0 saturated carbocycles. The number of hydrogen-bond acceptors (Lipinski definition) is 5. The van der Waals surface area contributed by atoms with Gasteiger partial charge in [-0.25, -0.2) is 18.6 Å². The van der Waals surface area contributed by atoms with Gasteiger partial charge >= 0.3 is 6.03 Å².